The highest BCUT2D eigenvalue weighted by Gasteiger charge is 2.29. The zero-order chi connectivity index (χ0) is 24.6. The number of benzene rings is 1. The van der Waals surface area contributed by atoms with Gasteiger partial charge in [0, 0.05) is 12.1 Å². The number of aryl methyl sites for hydroxylation is 1. The van der Waals surface area contributed by atoms with E-state index in [1.54, 1.807) is 13.0 Å². The minimum atomic E-state index is -4.50. The molecule has 0 aliphatic rings. The SMILES string of the molecule is Cc1ccc(S(=O)(=O)NCC(C)(C)O)cc1-c1cnc(N)c(-c2cnn(CC(F)(F)F)n2)n1. The first-order chi connectivity index (χ1) is 15.1. The van der Waals surface area contributed by atoms with Crippen molar-refractivity contribution in [3.8, 4) is 22.6 Å². The molecule has 0 atom stereocenters. The fraction of sp³-hybridized carbons (Fsp3) is 0.368. The number of hydrogen-bond acceptors (Lipinski definition) is 8. The number of nitrogens with two attached hydrogens (primary N) is 1. The van der Waals surface area contributed by atoms with E-state index in [2.05, 4.69) is 24.9 Å². The van der Waals surface area contributed by atoms with Crippen molar-refractivity contribution < 1.29 is 26.7 Å². The van der Waals surface area contributed by atoms with E-state index in [0.29, 0.717) is 15.9 Å². The maximum Gasteiger partial charge on any atom is 0.409 e. The third kappa shape index (κ3) is 6.24. The van der Waals surface area contributed by atoms with E-state index in [1.165, 1.54) is 32.2 Å². The van der Waals surface area contributed by atoms with Crippen LogP contribution in [-0.2, 0) is 16.6 Å². The fourth-order valence-corrected chi connectivity index (χ4v) is 3.99. The lowest BCUT2D eigenvalue weighted by molar-refractivity contribution is -0.144. The first-order valence-electron chi connectivity index (χ1n) is 9.57. The predicted octanol–water partition coefficient (Wildman–Crippen LogP) is 1.90. The van der Waals surface area contributed by atoms with Crippen molar-refractivity contribution >= 4 is 15.8 Å². The number of nitrogens with zero attached hydrogens (tertiary/aromatic N) is 5. The Hall–Kier alpha value is -3.10. The van der Waals surface area contributed by atoms with Gasteiger partial charge in [-0.05, 0) is 38.5 Å². The van der Waals surface area contributed by atoms with Gasteiger partial charge in [-0.1, -0.05) is 6.07 Å². The highest BCUT2D eigenvalue weighted by Crippen LogP contribution is 2.28. The average molecular weight is 485 g/mol. The highest BCUT2D eigenvalue weighted by atomic mass is 32.2. The molecule has 0 amide bonds. The molecular formula is C19H22F3N7O3S. The lowest BCUT2D eigenvalue weighted by Gasteiger charge is -2.18. The first-order valence-corrected chi connectivity index (χ1v) is 11.1. The number of aliphatic hydroxyl groups is 1. The van der Waals surface area contributed by atoms with Gasteiger partial charge in [0.15, 0.2) is 12.4 Å². The molecule has 0 fully saturated rings. The second-order valence-electron chi connectivity index (χ2n) is 7.98. The molecule has 0 unspecified atom stereocenters. The van der Waals surface area contributed by atoms with Gasteiger partial charge >= 0.3 is 6.18 Å². The minimum absolute atomic E-state index is 0.00809. The summed E-state index contributed by atoms with van der Waals surface area (Å²) in [5.74, 6) is -0.0777. The standard InChI is InChI=1S/C19H22F3N7O3S/c1-11-4-5-12(33(31,32)26-9-18(2,3)30)6-13(11)14-7-24-17(23)16(27-14)15-8-25-29(28-15)10-19(20,21)22/h4-8,26,30H,9-10H2,1-3H3,(H2,23,24). The molecule has 0 spiro atoms. The van der Waals surface area contributed by atoms with Crippen molar-refractivity contribution in [1.82, 2.24) is 29.7 Å². The first kappa shape index (κ1) is 24.5. The van der Waals surface area contributed by atoms with Crippen molar-refractivity contribution in [3.63, 3.8) is 0 Å². The predicted molar refractivity (Wildman–Crippen MR) is 113 cm³/mol. The van der Waals surface area contributed by atoms with E-state index in [-0.39, 0.29) is 34.3 Å². The summed E-state index contributed by atoms with van der Waals surface area (Å²) in [6.45, 7) is 3.08. The van der Waals surface area contributed by atoms with Gasteiger partial charge in [0.1, 0.15) is 11.4 Å². The zero-order valence-corrected chi connectivity index (χ0v) is 18.7. The second-order valence-corrected chi connectivity index (χ2v) is 9.75. The van der Waals surface area contributed by atoms with Crippen LogP contribution in [0.5, 0.6) is 0 Å². The molecule has 0 saturated heterocycles. The summed E-state index contributed by atoms with van der Waals surface area (Å²) in [6, 6.07) is 4.36. The molecule has 3 aromatic rings. The Kier molecular flexibility index (Phi) is 6.46. The van der Waals surface area contributed by atoms with Gasteiger partial charge < -0.3 is 10.8 Å². The van der Waals surface area contributed by atoms with E-state index in [1.807, 2.05) is 0 Å². The molecule has 10 nitrogen and oxygen atoms in total. The molecule has 0 aliphatic carbocycles. The number of anilines is 1. The van der Waals surface area contributed by atoms with Crippen LogP contribution in [0.3, 0.4) is 0 Å². The number of halogens is 3. The van der Waals surface area contributed by atoms with Gasteiger partial charge in [-0.15, -0.1) is 0 Å². The summed E-state index contributed by atoms with van der Waals surface area (Å²) < 4.78 is 65.4. The van der Waals surface area contributed by atoms with Gasteiger partial charge in [0.25, 0.3) is 0 Å². The molecule has 0 radical (unpaired) electrons. The number of nitrogens with one attached hydrogen (secondary N) is 1. The van der Waals surface area contributed by atoms with Crippen molar-refractivity contribution in [3.05, 3.63) is 36.2 Å². The van der Waals surface area contributed by atoms with E-state index in [9.17, 15) is 26.7 Å². The van der Waals surface area contributed by atoms with Crippen LogP contribution in [0.2, 0.25) is 0 Å². The van der Waals surface area contributed by atoms with E-state index < -0.39 is 28.3 Å². The summed E-state index contributed by atoms with van der Waals surface area (Å²) in [4.78, 5) is 8.79. The third-order valence-electron chi connectivity index (χ3n) is 4.39. The molecule has 0 bridgehead atoms. The number of alkyl halides is 3. The fourth-order valence-electron chi connectivity index (χ4n) is 2.76. The van der Waals surface area contributed by atoms with E-state index in [0.717, 1.165) is 6.20 Å². The molecule has 0 aliphatic heterocycles. The Morgan fingerprint density at radius 1 is 1.18 bits per heavy atom. The van der Waals surface area contributed by atoms with Crippen LogP contribution in [0.15, 0.2) is 35.5 Å². The normalized spacial score (nSPS) is 12.8. The van der Waals surface area contributed by atoms with Gasteiger partial charge in [-0.2, -0.15) is 28.2 Å². The largest absolute Gasteiger partial charge is 0.409 e. The Morgan fingerprint density at radius 2 is 1.88 bits per heavy atom. The minimum Gasteiger partial charge on any atom is -0.389 e. The van der Waals surface area contributed by atoms with E-state index in [4.69, 9.17) is 5.73 Å². The lowest BCUT2D eigenvalue weighted by Crippen LogP contribution is -2.38. The second kappa shape index (κ2) is 8.68. The number of hydrogen-bond donors (Lipinski definition) is 3. The number of aromatic nitrogens is 5. The van der Waals surface area contributed by atoms with Crippen LogP contribution < -0.4 is 10.5 Å². The topological polar surface area (TPSA) is 149 Å². The maximum absolute atomic E-state index is 12.6. The van der Waals surface area contributed by atoms with Crippen LogP contribution in [0.4, 0.5) is 19.0 Å². The Morgan fingerprint density at radius 3 is 2.52 bits per heavy atom. The summed E-state index contributed by atoms with van der Waals surface area (Å²) >= 11 is 0. The molecule has 2 heterocycles. The quantitative estimate of drug-likeness (QED) is 0.459. The molecular weight excluding hydrogens is 463 g/mol. The number of rotatable bonds is 7. The molecule has 14 heteroatoms. The summed E-state index contributed by atoms with van der Waals surface area (Å²) in [5.41, 5.74) is 5.92. The van der Waals surface area contributed by atoms with Crippen LogP contribution >= 0.6 is 0 Å². The average Bonchev–Trinajstić information content (AvgIpc) is 3.13. The van der Waals surface area contributed by atoms with Crippen molar-refractivity contribution in [2.75, 3.05) is 12.3 Å². The van der Waals surface area contributed by atoms with Crippen molar-refractivity contribution in [1.29, 1.82) is 0 Å². The van der Waals surface area contributed by atoms with Gasteiger partial charge in [0.2, 0.25) is 10.0 Å². The molecule has 3 rings (SSSR count). The Balaban J connectivity index is 1.99. The lowest BCUT2D eigenvalue weighted by atomic mass is 10.1. The summed E-state index contributed by atoms with van der Waals surface area (Å²) in [6.07, 6.45) is -2.09. The van der Waals surface area contributed by atoms with Crippen molar-refractivity contribution in [2.24, 2.45) is 0 Å². The van der Waals surface area contributed by atoms with Crippen molar-refractivity contribution in [2.45, 2.75) is 44.0 Å². The van der Waals surface area contributed by atoms with Crippen LogP contribution in [0.1, 0.15) is 19.4 Å². The molecule has 178 valence electrons. The maximum atomic E-state index is 12.6. The molecule has 33 heavy (non-hydrogen) atoms. The third-order valence-corrected chi connectivity index (χ3v) is 5.79. The summed E-state index contributed by atoms with van der Waals surface area (Å²) in [7, 11) is -3.94. The van der Waals surface area contributed by atoms with Crippen LogP contribution in [0, 0.1) is 6.92 Å². The van der Waals surface area contributed by atoms with Gasteiger partial charge in [-0.25, -0.2) is 23.1 Å². The Bertz CT molecular complexity index is 1270. The Labute approximate surface area is 187 Å². The molecule has 0 saturated carbocycles. The highest BCUT2D eigenvalue weighted by molar-refractivity contribution is 7.89. The number of nitrogen functional groups attached to an aromatic ring is 1. The van der Waals surface area contributed by atoms with Crippen LogP contribution in [0.25, 0.3) is 22.6 Å². The van der Waals surface area contributed by atoms with Gasteiger partial charge in [0.05, 0.1) is 28.6 Å². The van der Waals surface area contributed by atoms with E-state index >= 15 is 0 Å². The van der Waals surface area contributed by atoms with Crippen LogP contribution in [-0.4, -0.2) is 56.8 Å². The number of sulfonamides is 1. The zero-order valence-electron chi connectivity index (χ0n) is 17.9. The molecule has 1 aromatic carbocycles. The molecule has 2 aromatic heterocycles. The monoisotopic (exact) mass is 485 g/mol. The smallest absolute Gasteiger partial charge is 0.389 e. The molecule has 4 N–H and O–H groups in total. The van der Waals surface area contributed by atoms with Gasteiger partial charge in [-0.3, -0.25) is 0 Å². The summed E-state index contributed by atoms with van der Waals surface area (Å²) in [5, 5.41) is 17.1.